The Bertz CT molecular complexity index is 1210. The van der Waals surface area contributed by atoms with Gasteiger partial charge in [-0.15, -0.1) is 0 Å². The Labute approximate surface area is 209 Å². The summed E-state index contributed by atoms with van der Waals surface area (Å²) in [4.78, 5) is 14.1. The second-order valence-corrected chi connectivity index (χ2v) is 10.0. The van der Waals surface area contributed by atoms with Crippen LogP contribution < -0.4 is 10.2 Å². The van der Waals surface area contributed by atoms with Crippen molar-refractivity contribution in [3.63, 3.8) is 0 Å². The zero-order chi connectivity index (χ0) is 25.4. The predicted molar refractivity (Wildman–Crippen MR) is 132 cm³/mol. The monoisotopic (exact) mass is 502 g/mol. The van der Waals surface area contributed by atoms with Crippen LogP contribution in [0, 0.1) is 6.92 Å². The first-order valence-electron chi connectivity index (χ1n) is 12.5. The topological polar surface area (TPSA) is 57.9 Å². The summed E-state index contributed by atoms with van der Waals surface area (Å²) in [5, 5.41) is 3.55. The number of aromatic nitrogens is 3. The molecule has 0 saturated carbocycles. The molecule has 0 radical (unpaired) electrons. The highest BCUT2D eigenvalue weighted by Gasteiger charge is 2.33. The Morgan fingerprint density at radius 3 is 2.53 bits per heavy atom. The highest BCUT2D eigenvalue weighted by atomic mass is 19.4. The number of ether oxygens (including phenoxy) is 1. The third-order valence-corrected chi connectivity index (χ3v) is 7.14. The number of anilines is 1. The van der Waals surface area contributed by atoms with Crippen LogP contribution in [-0.4, -0.2) is 70.7 Å². The number of alkyl halides is 3. The van der Waals surface area contributed by atoms with Crippen molar-refractivity contribution < 1.29 is 17.9 Å². The van der Waals surface area contributed by atoms with Gasteiger partial charge in [0, 0.05) is 57.4 Å². The normalized spacial score (nSPS) is 21.9. The SMILES string of the molecule is Cc1c(Cc2c(CN3CC(C)NC(C)C3)nc3ncc(N4CCOCC4)cn23)cccc1C(F)(F)F. The van der Waals surface area contributed by atoms with Crippen LogP contribution in [0.15, 0.2) is 30.6 Å². The number of piperazine rings is 1. The molecule has 2 aromatic heterocycles. The zero-order valence-electron chi connectivity index (χ0n) is 21.0. The molecule has 1 aromatic carbocycles. The van der Waals surface area contributed by atoms with Crippen LogP contribution in [-0.2, 0) is 23.9 Å². The number of fused-ring (bicyclic) bond motifs is 1. The lowest BCUT2D eigenvalue weighted by atomic mass is 9.97. The molecule has 2 aliphatic rings. The quantitative estimate of drug-likeness (QED) is 0.575. The molecular formula is C26H33F3N6O. The fraction of sp³-hybridized carbons (Fsp3) is 0.538. The third kappa shape index (κ3) is 5.21. The van der Waals surface area contributed by atoms with Gasteiger partial charge in [-0.05, 0) is 38.0 Å². The summed E-state index contributed by atoms with van der Waals surface area (Å²) in [5.74, 6) is 0.567. The number of nitrogens with zero attached hydrogens (tertiary/aromatic N) is 5. The van der Waals surface area contributed by atoms with E-state index < -0.39 is 11.7 Å². The summed E-state index contributed by atoms with van der Waals surface area (Å²) in [6.45, 7) is 11.1. The minimum atomic E-state index is -4.39. The molecule has 0 aliphatic carbocycles. The van der Waals surface area contributed by atoms with Gasteiger partial charge < -0.3 is 15.0 Å². The molecule has 0 spiro atoms. The van der Waals surface area contributed by atoms with Gasteiger partial charge in [-0.2, -0.15) is 13.2 Å². The summed E-state index contributed by atoms with van der Waals surface area (Å²) in [5.41, 5.74) is 3.02. The molecule has 7 nitrogen and oxygen atoms in total. The highest BCUT2D eigenvalue weighted by molar-refractivity contribution is 5.50. The van der Waals surface area contributed by atoms with Crippen LogP contribution in [0.4, 0.5) is 18.9 Å². The fourth-order valence-corrected chi connectivity index (χ4v) is 5.46. The maximum absolute atomic E-state index is 13.6. The Morgan fingerprint density at radius 1 is 1.11 bits per heavy atom. The van der Waals surface area contributed by atoms with Crippen molar-refractivity contribution in [2.75, 3.05) is 44.3 Å². The summed E-state index contributed by atoms with van der Waals surface area (Å²) >= 11 is 0. The van der Waals surface area contributed by atoms with Crippen LogP contribution in [0.1, 0.15) is 41.9 Å². The number of nitrogens with one attached hydrogen (secondary N) is 1. The van der Waals surface area contributed by atoms with Gasteiger partial charge in [-0.1, -0.05) is 12.1 Å². The summed E-state index contributed by atoms with van der Waals surface area (Å²) < 4.78 is 48.3. The average Bonchev–Trinajstić information content (AvgIpc) is 3.15. The summed E-state index contributed by atoms with van der Waals surface area (Å²) in [6.07, 6.45) is -0.199. The van der Waals surface area contributed by atoms with Crippen molar-refractivity contribution in [1.82, 2.24) is 24.6 Å². The van der Waals surface area contributed by atoms with Crippen LogP contribution in [0.5, 0.6) is 0 Å². The first-order chi connectivity index (χ1) is 17.2. The lowest BCUT2D eigenvalue weighted by Gasteiger charge is -2.35. The standard InChI is InChI=1S/C26H33F3N6O/c1-17-13-33(14-18(2)31-17)16-23-24(11-20-5-4-6-22(19(20)3)26(27,28)29)35-15-21(12-30-25(35)32-23)34-7-9-36-10-8-34/h4-6,12,15,17-18,31H,7-11,13-14,16H2,1-3H3. The van der Waals surface area contributed by atoms with E-state index in [1.165, 1.54) is 6.07 Å². The number of hydrogen-bond acceptors (Lipinski definition) is 6. The van der Waals surface area contributed by atoms with Gasteiger partial charge in [-0.25, -0.2) is 9.97 Å². The highest BCUT2D eigenvalue weighted by Crippen LogP contribution is 2.34. The number of morpholine rings is 1. The number of hydrogen-bond donors (Lipinski definition) is 1. The van der Waals surface area contributed by atoms with E-state index in [-0.39, 0.29) is 5.56 Å². The van der Waals surface area contributed by atoms with Gasteiger partial charge in [0.25, 0.3) is 0 Å². The van der Waals surface area contributed by atoms with Crippen LogP contribution in [0.3, 0.4) is 0 Å². The van der Waals surface area contributed by atoms with E-state index in [0.29, 0.717) is 49.6 Å². The predicted octanol–water partition coefficient (Wildman–Crippen LogP) is 3.67. The Morgan fingerprint density at radius 2 is 1.83 bits per heavy atom. The van der Waals surface area contributed by atoms with Crippen molar-refractivity contribution in [2.24, 2.45) is 0 Å². The van der Waals surface area contributed by atoms with Crippen LogP contribution in [0.25, 0.3) is 5.78 Å². The molecule has 2 saturated heterocycles. The summed E-state index contributed by atoms with van der Waals surface area (Å²) in [7, 11) is 0. The molecule has 4 heterocycles. The first kappa shape index (κ1) is 25.0. The van der Waals surface area contributed by atoms with E-state index >= 15 is 0 Å². The Kier molecular flexibility index (Phi) is 6.93. The number of imidazole rings is 1. The van der Waals surface area contributed by atoms with Gasteiger partial charge in [0.05, 0.1) is 42.0 Å². The molecule has 2 fully saturated rings. The average molecular weight is 503 g/mol. The fourth-order valence-electron chi connectivity index (χ4n) is 5.46. The minimum absolute atomic E-state index is 0.257. The van der Waals surface area contributed by atoms with Crippen molar-refractivity contribution in [3.05, 3.63) is 58.7 Å². The van der Waals surface area contributed by atoms with Gasteiger partial charge in [0.1, 0.15) is 0 Å². The van der Waals surface area contributed by atoms with Gasteiger partial charge in [-0.3, -0.25) is 9.30 Å². The Balaban J connectivity index is 1.56. The lowest BCUT2D eigenvalue weighted by Crippen LogP contribution is -2.53. The first-order valence-corrected chi connectivity index (χ1v) is 12.5. The number of benzene rings is 1. The zero-order valence-corrected chi connectivity index (χ0v) is 21.0. The molecule has 2 aliphatic heterocycles. The lowest BCUT2D eigenvalue weighted by molar-refractivity contribution is -0.138. The second-order valence-electron chi connectivity index (χ2n) is 10.0. The number of halogens is 3. The maximum Gasteiger partial charge on any atom is 0.416 e. The van der Waals surface area contributed by atoms with Crippen molar-refractivity contribution >= 4 is 11.5 Å². The molecule has 5 rings (SSSR count). The second kappa shape index (κ2) is 9.99. The minimum Gasteiger partial charge on any atom is -0.378 e. The van der Waals surface area contributed by atoms with Crippen molar-refractivity contribution in [1.29, 1.82) is 0 Å². The molecule has 3 aromatic rings. The molecule has 1 N–H and O–H groups in total. The summed E-state index contributed by atoms with van der Waals surface area (Å²) in [6, 6.07) is 5.13. The molecule has 36 heavy (non-hydrogen) atoms. The van der Waals surface area contributed by atoms with E-state index in [1.807, 2.05) is 16.8 Å². The van der Waals surface area contributed by atoms with E-state index in [9.17, 15) is 13.2 Å². The third-order valence-electron chi connectivity index (χ3n) is 7.14. The molecule has 194 valence electrons. The van der Waals surface area contributed by atoms with E-state index in [2.05, 4.69) is 33.9 Å². The maximum atomic E-state index is 13.6. The van der Waals surface area contributed by atoms with E-state index in [0.717, 1.165) is 49.3 Å². The molecule has 0 amide bonds. The van der Waals surface area contributed by atoms with Crippen molar-refractivity contribution in [2.45, 2.75) is 52.0 Å². The van der Waals surface area contributed by atoms with Crippen LogP contribution >= 0.6 is 0 Å². The van der Waals surface area contributed by atoms with E-state index in [4.69, 9.17) is 9.72 Å². The Hall–Kier alpha value is -2.69. The van der Waals surface area contributed by atoms with Gasteiger partial charge >= 0.3 is 6.18 Å². The number of rotatable bonds is 5. The molecular weight excluding hydrogens is 469 g/mol. The van der Waals surface area contributed by atoms with Gasteiger partial charge in [0.2, 0.25) is 5.78 Å². The molecule has 10 heteroatoms. The molecule has 0 bridgehead atoms. The largest absolute Gasteiger partial charge is 0.416 e. The van der Waals surface area contributed by atoms with Crippen LogP contribution in [0.2, 0.25) is 0 Å². The van der Waals surface area contributed by atoms with E-state index in [1.54, 1.807) is 13.0 Å². The molecule has 2 unspecified atom stereocenters. The smallest absolute Gasteiger partial charge is 0.378 e. The van der Waals surface area contributed by atoms with Gasteiger partial charge in [0.15, 0.2) is 0 Å². The molecule has 2 atom stereocenters. The van der Waals surface area contributed by atoms with Crippen molar-refractivity contribution in [3.8, 4) is 0 Å².